The van der Waals surface area contributed by atoms with Crippen LogP contribution in [0.3, 0.4) is 0 Å². The monoisotopic (exact) mass is 263 g/mol. The first-order chi connectivity index (χ1) is 5.28. The van der Waals surface area contributed by atoms with Gasteiger partial charge in [-0.3, -0.25) is 4.90 Å². The van der Waals surface area contributed by atoms with Crippen LogP contribution in [0.1, 0.15) is 19.3 Å². The average Bonchev–Trinajstić information content (AvgIpc) is 2.73. The van der Waals surface area contributed by atoms with E-state index in [1.165, 1.54) is 23.7 Å². The lowest BCUT2D eigenvalue weighted by Gasteiger charge is -2.53. The van der Waals surface area contributed by atoms with E-state index in [2.05, 4.69) is 34.5 Å². The molecule has 2 saturated heterocycles. The van der Waals surface area contributed by atoms with E-state index in [1.54, 1.807) is 0 Å². The van der Waals surface area contributed by atoms with E-state index >= 15 is 0 Å². The van der Waals surface area contributed by atoms with Crippen molar-refractivity contribution in [3.8, 4) is 0 Å². The Labute approximate surface area is 81.7 Å². The van der Waals surface area contributed by atoms with E-state index in [4.69, 9.17) is 0 Å². The number of hydrogen-bond acceptors (Lipinski definition) is 1. The fraction of sp³-hybridized carbons (Fsp3) is 1.00. The molecule has 1 aliphatic carbocycles. The number of alkyl halides is 1. The normalized spacial score (nSPS) is 60.0. The minimum absolute atomic E-state index is 0.749. The highest BCUT2D eigenvalue weighted by atomic mass is 127. The Kier molecular flexibility index (Phi) is 1.26. The molecule has 0 aromatic heterocycles. The van der Waals surface area contributed by atoms with Crippen molar-refractivity contribution in [3.63, 3.8) is 0 Å². The van der Waals surface area contributed by atoms with E-state index in [-0.39, 0.29) is 0 Å². The van der Waals surface area contributed by atoms with Crippen molar-refractivity contribution in [2.45, 2.75) is 30.8 Å². The van der Waals surface area contributed by atoms with Gasteiger partial charge in [0.2, 0.25) is 0 Å². The highest BCUT2D eigenvalue weighted by Gasteiger charge is 2.73. The SMILES string of the molecule is CN1[C@H]2CC(CI)C[C@@]13CC23. The fourth-order valence-electron chi connectivity index (χ4n) is 3.48. The molecule has 0 aromatic rings. The van der Waals surface area contributed by atoms with Crippen LogP contribution >= 0.6 is 22.6 Å². The van der Waals surface area contributed by atoms with E-state index in [0.717, 1.165) is 23.4 Å². The van der Waals surface area contributed by atoms with Crippen molar-refractivity contribution in [1.82, 2.24) is 4.90 Å². The summed E-state index contributed by atoms with van der Waals surface area (Å²) in [5.41, 5.74) is 0.749. The van der Waals surface area contributed by atoms with E-state index in [1.807, 2.05) is 0 Å². The van der Waals surface area contributed by atoms with Gasteiger partial charge in [0.1, 0.15) is 0 Å². The first kappa shape index (κ1) is 7.13. The molecule has 2 heteroatoms. The van der Waals surface area contributed by atoms with E-state index in [0.29, 0.717) is 0 Å². The lowest BCUT2D eigenvalue weighted by Crippen LogP contribution is -2.60. The third kappa shape index (κ3) is 0.671. The number of halogens is 1. The third-order valence-corrected chi connectivity index (χ3v) is 5.45. The van der Waals surface area contributed by atoms with Crippen molar-refractivity contribution < 1.29 is 0 Å². The zero-order valence-corrected chi connectivity index (χ0v) is 9.04. The van der Waals surface area contributed by atoms with Crippen molar-refractivity contribution in [2.75, 3.05) is 11.5 Å². The summed E-state index contributed by atoms with van der Waals surface area (Å²) in [6.45, 7) is 0. The molecule has 2 aliphatic heterocycles. The highest BCUT2D eigenvalue weighted by Crippen LogP contribution is 2.68. The van der Waals surface area contributed by atoms with Gasteiger partial charge in [0.05, 0.1) is 0 Å². The molecule has 11 heavy (non-hydrogen) atoms. The van der Waals surface area contributed by atoms with Crippen LogP contribution in [-0.4, -0.2) is 28.0 Å². The van der Waals surface area contributed by atoms with Gasteiger partial charge in [0.15, 0.2) is 0 Å². The smallest absolute Gasteiger partial charge is 0.0260 e. The van der Waals surface area contributed by atoms with Gasteiger partial charge in [-0.1, -0.05) is 22.6 Å². The zero-order valence-electron chi connectivity index (χ0n) is 6.89. The van der Waals surface area contributed by atoms with Crippen LogP contribution in [0.15, 0.2) is 0 Å². The van der Waals surface area contributed by atoms with Gasteiger partial charge in [-0.25, -0.2) is 0 Å². The molecular formula is C9H14IN. The van der Waals surface area contributed by atoms with Crippen LogP contribution in [0, 0.1) is 11.8 Å². The Morgan fingerprint density at radius 2 is 2.36 bits per heavy atom. The predicted molar refractivity (Wildman–Crippen MR) is 54.0 cm³/mol. The molecule has 0 N–H and O–H groups in total. The standard InChI is InChI=1S/C9H14IN/c1-11-8-2-6(5-10)3-9(11)4-7(8)9/h6-8H,2-5H2,1H3/t6?,7?,8-,9-/m0/s1. The maximum absolute atomic E-state index is 2.65. The summed E-state index contributed by atoms with van der Waals surface area (Å²) < 4.78 is 1.39. The van der Waals surface area contributed by atoms with E-state index < -0.39 is 0 Å². The Balaban J connectivity index is 1.82. The summed E-state index contributed by atoms with van der Waals surface area (Å²) in [6, 6.07) is 0.989. The third-order valence-electron chi connectivity index (χ3n) is 4.20. The van der Waals surface area contributed by atoms with Crippen molar-refractivity contribution in [1.29, 1.82) is 0 Å². The van der Waals surface area contributed by atoms with Gasteiger partial charge in [-0.05, 0) is 38.1 Å². The van der Waals surface area contributed by atoms with Crippen molar-refractivity contribution in [2.24, 2.45) is 11.8 Å². The minimum atomic E-state index is 0.749. The second-order valence-electron chi connectivity index (χ2n) is 4.55. The topological polar surface area (TPSA) is 3.24 Å². The van der Waals surface area contributed by atoms with Crippen LogP contribution in [0.2, 0.25) is 0 Å². The second kappa shape index (κ2) is 1.95. The Morgan fingerprint density at radius 3 is 2.91 bits per heavy atom. The Morgan fingerprint density at radius 1 is 1.55 bits per heavy atom. The lowest BCUT2D eigenvalue weighted by atomic mass is 9.75. The van der Waals surface area contributed by atoms with Gasteiger partial charge in [-0.2, -0.15) is 0 Å². The van der Waals surface area contributed by atoms with Crippen LogP contribution < -0.4 is 0 Å². The highest BCUT2D eigenvalue weighted by molar-refractivity contribution is 14.1. The Bertz CT molecular complexity index is 206. The van der Waals surface area contributed by atoms with E-state index in [9.17, 15) is 0 Å². The molecule has 2 heterocycles. The maximum Gasteiger partial charge on any atom is 0.0260 e. The maximum atomic E-state index is 2.65. The van der Waals surface area contributed by atoms with Crippen molar-refractivity contribution in [3.05, 3.63) is 0 Å². The molecule has 1 spiro atoms. The molecule has 4 atom stereocenters. The van der Waals surface area contributed by atoms with Gasteiger partial charge in [-0.15, -0.1) is 0 Å². The number of nitrogens with zero attached hydrogens (tertiary/aromatic N) is 1. The molecule has 1 saturated carbocycles. The molecular weight excluding hydrogens is 249 g/mol. The Hall–Kier alpha value is 0.690. The fourth-order valence-corrected chi connectivity index (χ4v) is 4.15. The molecule has 3 rings (SSSR count). The quantitative estimate of drug-likeness (QED) is 0.516. The number of piperidine rings is 1. The van der Waals surface area contributed by atoms with Gasteiger partial charge >= 0.3 is 0 Å². The molecule has 1 nitrogen and oxygen atoms in total. The number of rotatable bonds is 1. The molecule has 0 aromatic carbocycles. The number of fused-ring (bicyclic) bond motifs is 2. The minimum Gasteiger partial charge on any atom is -0.297 e. The molecule has 0 amide bonds. The first-order valence-corrected chi connectivity index (χ1v) is 6.09. The second-order valence-corrected chi connectivity index (χ2v) is 5.43. The summed E-state index contributed by atoms with van der Waals surface area (Å²) in [4.78, 5) is 2.65. The molecule has 62 valence electrons. The summed E-state index contributed by atoms with van der Waals surface area (Å²) in [7, 11) is 2.33. The van der Waals surface area contributed by atoms with Gasteiger partial charge in [0, 0.05) is 16.0 Å². The zero-order chi connectivity index (χ0) is 7.64. The molecule has 0 radical (unpaired) electrons. The molecule has 2 unspecified atom stereocenters. The molecule has 3 aliphatic rings. The summed E-state index contributed by atoms with van der Waals surface area (Å²) in [6.07, 6.45) is 4.53. The first-order valence-electron chi connectivity index (χ1n) is 4.57. The summed E-state index contributed by atoms with van der Waals surface area (Å²) in [5.74, 6) is 2.18. The average molecular weight is 263 g/mol. The van der Waals surface area contributed by atoms with Gasteiger partial charge < -0.3 is 0 Å². The summed E-state index contributed by atoms with van der Waals surface area (Å²) >= 11 is 2.55. The predicted octanol–water partition coefficient (Wildman–Crippen LogP) is 1.90. The van der Waals surface area contributed by atoms with Crippen LogP contribution in [0.25, 0.3) is 0 Å². The summed E-state index contributed by atoms with van der Waals surface area (Å²) in [5, 5.41) is 0. The van der Waals surface area contributed by atoms with Crippen LogP contribution in [0.4, 0.5) is 0 Å². The van der Waals surface area contributed by atoms with Crippen LogP contribution in [-0.2, 0) is 0 Å². The number of hydrogen-bond donors (Lipinski definition) is 0. The largest absolute Gasteiger partial charge is 0.297 e. The molecule has 2 bridgehead atoms. The van der Waals surface area contributed by atoms with Gasteiger partial charge in [0.25, 0.3) is 0 Å². The lowest BCUT2D eigenvalue weighted by molar-refractivity contribution is -0.0350. The van der Waals surface area contributed by atoms with Crippen molar-refractivity contribution >= 4 is 22.6 Å². The molecule has 3 fully saturated rings. The van der Waals surface area contributed by atoms with Crippen LogP contribution in [0.5, 0.6) is 0 Å².